The molecule has 0 fully saturated rings. The van der Waals surface area contributed by atoms with Crippen molar-refractivity contribution in [3.05, 3.63) is 29.6 Å². The van der Waals surface area contributed by atoms with Gasteiger partial charge in [0.25, 0.3) is 0 Å². The van der Waals surface area contributed by atoms with E-state index >= 15 is 0 Å². The van der Waals surface area contributed by atoms with E-state index in [-0.39, 0.29) is 12.5 Å². The summed E-state index contributed by atoms with van der Waals surface area (Å²) in [6.45, 7) is 3.00. The lowest BCUT2D eigenvalue weighted by Crippen LogP contribution is -2.33. The summed E-state index contributed by atoms with van der Waals surface area (Å²) in [6, 6.07) is 5.75. The molecule has 4 heteroatoms. The van der Waals surface area contributed by atoms with Gasteiger partial charge in [-0.05, 0) is 19.1 Å². The Labute approximate surface area is 95.5 Å². The quantitative estimate of drug-likeness (QED) is 0.722. The van der Waals surface area contributed by atoms with E-state index in [0.717, 1.165) is 11.4 Å². The summed E-state index contributed by atoms with van der Waals surface area (Å²) in [4.78, 5) is 17.0. The molecule has 0 bridgehead atoms. The van der Waals surface area contributed by atoms with Crippen LogP contribution in [0.1, 0.15) is 11.4 Å². The predicted octanol–water partition coefficient (Wildman–Crippen LogP) is 0.311. The Hall–Kier alpha value is -1.86. The Bertz CT molecular complexity index is 409. The molecule has 1 aromatic rings. The topological polar surface area (TPSA) is 59.2 Å². The van der Waals surface area contributed by atoms with Crippen molar-refractivity contribution in [2.75, 3.05) is 13.1 Å². The number of nitrogens with two attached hydrogens (primary N) is 1. The molecule has 1 aromatic heterocycles. The highest BCUT2D eigenvalue weighted by Crippen LogP contribution is 2.02. The van der Waals surface area contributed by atoms with Crippen molar-refractivity contribution in [1.29, 1.82) is 0 Å². The van der Waals surface area contributed by atoms with Gasteiger partial charge in [-0.15, -0.1) is 6.42 Å². The zero-order valence-corrected chi connectivity index (χ0v) is 9.31. The SMILES string of the molecule is C#CCN(CC(N)=O)Cc1cccc(C)n1. The second-order valence-corrected chi connectivity index (χ2v) is 3.59. The van der Waals surface area contributed by atoms with Crippen LogP contribution in [0.25, 0.3) is 0 Å². The van der Waals surface area contributed by atoms with Crippen LogP contribution in [0.5, 0.6) is 0 Å². The minimum Gasteiger partial charge on any atom is -0.369 e. The average molecular weight is 217 g/mol. The number of aromatic nitrogens is 1. The van der Waals surface area contributed by atoms with E-state index in [9.17, 15) is 4.79 Å². The Balaban J connectivity index is 2.68. The van der Waals surface area contributed by atoms with E-state index in [1.807, 2.05) is 25.1 Å². The first-order valence-electron chi connectivity index (χ1n) is 4.98. The maximum atomic E-state index is 10.8. The third kappa shape index (κ3) is 4.11. The van der Waals surface area contributed by atoms with Crippen LogP contribution in [0.15, 0.2) is 18.2 Å². The molecule has 2 N–H and O–H groups in total. The van der Waals surface area contributed by atoms with Crippen molar-refractivity contribution in [1.82, 2.24) is 9.88 Å². The molecule has 0 unspecified atom stereocenters. The number of aryl methyl sites for hydroxylation is 1. The van der Waals surface area contributed by atoms with E-state index in [2.05, 4.69) is 10.9 Å². The van der Waals surface area contributed by atoms with Crippen LogP contribution in [-0.2, 0) is 11.3 Å². The third-order valence-electron chi connectivity index (χ3n) is 2.03. The number of hydrogen-bond acceptors (Lipinski definition) is 3. The standard InChI is InChI=1S/C12H15N3O/c1-3-7-15(9-12(13)16)8-11-6-4-5-10(2)14-11/h1,4-6H,7-9H2,2H3,(H2,13,16). The lowest BCUT2D eigenvalue weighted by atomic mass is 10.3. The molecule has 0 aromatic carbocycles. The summed E-state index contributed by atoms with van der Waals surface area (Å²) in [5, 5.41) is 0. The van der Waals surface area contributed by atoms with Crippen LogP contribution in [-0.4, -0.2) is 28.9 Å². The molecule has 4 nitrogen and oxygen atoms in total. The van der Waals surface area contributed by atoms with Gasteiger partial charge < -0.3 is 5.73 Å². The van der Waals surface area contributed by atoms with Crippen LogP contribution >= 0.6 is 0 Å². The molecule has 1 heterocycles. The highest BCUT2D eigenvalue weighted by molar-refractivity contribution is 5.75. The van der Waals surface area contributed by atoms with Gasteiger partial charge in [-0.25, -0.2) is 0 Å². The fraction of sp³-hybridized carbons (Fsp3) is 0.333. The largest absolute Gasteiger partial charge is 0.369 e. The van der Waals surface area contributed by atoms with Gasteiger partial charge in [-0.3, -0.25) is 14.7 Å². The van der Waals surface area contributed by atoms with E-state index < -0.39 is 0 Å². The van der Waals surface area contributed by atoms with Gasteiger partial charge in [0.2, 0.25) is 5.91 Å². The first-order chi connectivity index (χ1) is 7.61. The molecular formula is C12H15N3O. The number of carbonyl (C=O) groups is 1. The van der Waals surface area contributed by atoms with Crippen LogP contribution < -0.4 is 5.73 Å². The van der Waals surface area contributed by atoms with E-state index in [4.69, 9.17) is 12.2 Å². The lowest BCUT2D eigenvalue weighted by molar-refractivity contribution is -0.119. The summed E-state index contributed by atoms with van der Waals surface area (Å²) in [7, 11) is 0. The van der Waals surface area contributed by atoms with Gasteiger partial charge >= 0.3 is 0 Å². The summed E-state index contributed by atoms with van der Waals surface area (Å²) in [5.74, 6) is 2.11. The summed E-state index contributed by atoms with van der Waals surface area (Å²) < 4.78 is 0. The van der Waals surface area contributed by atoms with Gasteiger partial charge in [0.05, 0.1) is 18.8 Å². The molecule has 16 heavy (non-hydrogen) atoms. The maximum absolute atomic E-state index is 10.8. The number of pyridine rings is 1. The first kappa shape index (κ1) is 12.2. The van der Waals surface area contributed by atoms with Crippen LogP contribution in [0.2, 0.25) is 0 Å². The second kappa shape index (κ2) is 5.89. The van der Waals surface area contributed by atoms with Gasteiger partial charge in [0, 0.05) is 12.2 Å². The fourth-order valence-corrected chi connectivity index (χ4v) is 1.43. The van der Waals surface area contributed by atoms with Crippen molar-refractivity contribution < 1.29 is 4.79 Å². The van der Waals surface area contributed by atoms with Crippen LogP contribution in [0, 0.1) is 19.3 Å². The summed E-state index contributed by atoms with van der Waals surface area (Å²) in [5.41, 5.74) is 6.97. The molecule has 0 radical (unpaired) electrons. The Morgan fingerprint density at radius 1 is 1.62 bits per heavy atom. The third-order valence-corrected chi connectivity index (χ3v) is 2.03. The number of rotatable bonds is 5. The molecule has 0 saturated heterocycles. The van der Waals surface area contributed by atoms with Gasteiger partial charge in [0.15, 0.2) is 0 Å². The van der Waals surface area contributed by atoms with Gasteiger partial charge in [-0.2, -0.15) is 0 Å². The molecule has 0 aliphatic carbocycles. The minimum atomic E-state index is -0.386. The second-order valence-electron chi connectivity index (χ2n) is 3.59. The Morgan fingerprint density at radius 2 is 2.38 bits per heavy atom. The summed E-state index contributed by atoms with van der Waals surface area (Å²) >= 11 is 0. The van der Waals surface area contributed by atoms with Crippen molar-refractivity contribution in [2.24, 2.45) is 5.73 Å². The fourth-order valence-electron chi connectivity index (χ4n) is 1.43. The normalized spacial score (nSPS) is 10.1. The predicted molar refractivity (Wildman–Crippen MR) is 62.3 cm³/mol. The van der Waals surface area contributed by atoms with Crippen molar-refractivity contribution in [3.63, 3.8) is 0 Å². The number of nitrogens with zero attached hydrogens (tertiary/aromatic N) is 2. The smallest absolute Gasteiger partial charge is 0.231 e. The van der Waals surface area contributed by atoms with Crippen LogP contribution in [0.3, 0.4) is 0 Å². The zero-order chi connectivity index (χ0) is 12.0. The number of primary amides is 1. The molecule has 0 aliphatic rings. The van der Waals surface area contributed by atoms with E-state index in [1.165, 1.54) is 0 Å². The number of amides is 1. The van der Waals surface area contributed by atoms with E-state index in [1.54, 1.807) is 4.90 Å². The lowest BCUT2D eigenvalue weighted by Gasteiger charge is -2.17. The highest BCUT2D eigenvalue weighted by Gasteiger charge is 2.08. The molecule has 0 saturated carbocycles. The van der Waals surface area contributed by atoms with Gasteiger partial charge in [0.1, 0.15) is 0 Å². The number of carbonyl (C=O) groups excluding carboxylic acids is 1. The van der Waals surface area contributed by atoms with Crippen molar-refractivity contribution in [2.45, 2.75) is 13.5 Å². The average Bonchev–Trinajstić information content (AvgIpc) is 2.16. The number of hydrogen-bond donors (Lipinski definition) is 1. The Morgan fingerprint density at radius 3 is 2.94 bits per heavy atom. The molecule has 0 spiro atoms. The number of terminal acetylenes is 1. The molecular weight excluding hydrogens is 202 g/mol. The highest BCUT2D eigenvalue weighted by atomic mass is 16.1. The van der Waals surface area contributed by atoms with Crippen molar-refractivity contribution >= 4 is 5.91 Å². The molecule has 0 atom stereocenters. The first-order valence-corrected chi connectivity index (χ1v) is 4.98. The monoisotopic (exact) mass is 217 g/mol. The molecule has 1 rings (SSSR count). The van der Waals surface area contributed by atoms with Crippen molar-refractivity contribution in [3.8, 4) is 12.3 Å². The van der Waals surface area contributed by atoms with Crippen LogP contribution in [0.4, 0.5) is 0 Å². The summed E-state index contributed by atoms with van der Waals surface area (Å²) in [6.07, 6.45) is 5.22. The van der Waals surface area contributed by atoms with E-state index in [0.29, 0.717) is 13.1 Å². The molecule has 1 amide bonds. The maximum Gasteiger partial charge on any atom is 0.231 e. The minimum absolute atomic E-state index is 0.153. The molecule has 84 valence electrons. The molecule has 0 aliphatic heterocycles. The Kier molecular flexibility index (Phi) is 4.49. The zero-order valence-electron chi connectivity index (χ0n) is 9.31. The van der Waals surface area contributed by atoms with Gasteiger partial charge in [-0.1, -0.05) is 12.0 Å².